The number of aromatic nitrogens is 1. The van der Waals surface area contributed by atoms with E-state index < -0.39 is 27.6 Å². The van der Waals surface area contributed by atoms with Gasteiger partial charge in [-0.25, -0.2) is 17.9 Å². The normalized spacial score (nSPS) is 12.2. The van der Waals surface area contributed by atoms with Gasteiger partial charge in [0.25, 0.3) is 0 Å². The molecule has 6 nitrogen and oxygen atoms in total. The molecule has 11 heteroatoms. The van der Waals surface area contributed by atoms with Crippen molar-refractivity contribution >= 4 is 31.7 Å². The summed E-state index contributed by atoms with van der Waals surface area (Å²) >= 11 is 0. The van der Waals surface area contributed by atoms with E-state index in [0.717, 1.165) is 12.1 Å². The van der Waals surface area contributed by atoms with Gasteiger partial charge in [-0.1, -0.05) is 36.4 Å². The number of aryl methyl sites for hydroxylation is 1. The van der Waals surface area contributed by atoms with Crippen LogP contribution in [0.3, 0.4) is 0 Å². The van der Waals surface area contributed by atoms with E-state index in [1.165, 1.54) is 50.4 Å². The number of hydrogen-bond acceptors (Lipinski definition) is 5. The van der Waals surface area contributed by atoms with E-state index >= 15 is 4.39 Å². The van der Waals surface area contributed by atoms with Gasteiger partial charge < -0.3 is 9.47 Å². The Morgan fingerprint density at radius 1 is 0.846 bits per heavy atom. The molecule has 39 heavy (non-hydrogen) atoms. The molecule has 0 saturated carbocycles. The lowest BCUT2D eigenvalue weighted by Crippen LogP contribution is -2.14. The first-order chi connectivity index (χ1) is 18.4. The van der Waals surface area contributed by atoms with Crippen LogP contribution in [0.5, 0.6) is 17.2 Å². The molecule has 0 fully saturated rings. The van der Waals surface area contributed by atoms with Gasteiger partial charge in [-0.15, -0.1) is 0 Å². The Morgan fingerprint density at radius 2 is 1.54 bits per heavy atom. The van der Waals surface area contributed by atoms with E-state index in [-0.39, 0.29) is 44.1 Å². The van der Waals surface area contributed by atoms with Crippen LogP contribution in [0.25, 0.3) is 32.8 Å². The van der Waals surface area contributed by atoms with Gasteiger partial charge in [0, 0.05) is 33.5 Å². The predicted octanol–water partition coefficient (Wildman–Crippen LogP) is 6.97. The smallest absolute Gasteiger partial charge is 0.418 e. The van der Waals surface area contributed by atoms with Crippen molar-refractivity contribution in [3.63, 3.8) is 0 Å². The summed E-state index contributed by atoms with van der Waals surface area (Å²) in [6, 6.07) is 16.7. The van der Waals surface area contributed by atoms with Crippen LogP contribution in [0.4, 0.5) is 17.6 Å². The number of nitrogens with zero attached hydrogens (tertiary/aromatic N) is 1. The second kappa shape index (κ2) is 9.51. The number of methoxy groups -OCH3 is 1. The highest BCUT2D eigenvalue weighted by Gasteiger charge is 2.33. The lowest BCUT2D eigenvalue weighted by molar-refractivity contribution is -0.136. The summed E-state index contributed by atoms with van der Waals surface area (Å²) < 4.78 is 92.4. The Bertz CT molecular complexity index is 1870. The first-order valence-corrected chi connectivity index (χ1v) is 13.0. The summed E-state index contributed by atoms with van der Waals surface area (Å²) in [5, 5.41) is 6.42. The maximum atomic E-state index is 15.4. The van der Waals surface area contributed by atoms with E-state index in [1.807, 2.05) is 0 Å². The van der Waals surface area contributed by atoms with Crippen molar-refractivity contribution in [3.05, 3.63) is 89.9 Å². The molecular formula is C28H20F4N2O4S. The molecule has 0 bridgehead atoms. The van der Waals surface area contributed by atoms with Crippen LogP contribution in [0, 0.1) is 12.7 Å². The van der Waals surface area contributed by atoms with Crippen molar-refractivity contribution < 1.29 is 35.5 Å². The molecule has 0 aliphatic rings. The fourth-order valence-electron chi connectivity index (χ4n) is 4.53. The number of rotatable bonds is 5. The number of hydrogen-bond donors (Lipinski definition) is 1. The Kier molecular flexibility index (Phi) is 6.44. The molecule has 5 aromatic rings. The number of alkyl halides is 3. The third kappa shape index (κ3) is 4.86. The Labute approximate surface area is 220 Å². The van der Waals surface area contributed by atoms with Crippen molar-refractivity contribution in [2.24, 2.45) is 5.14 Å². The van der Waals surface area contributed by atoms with Crippen LogP contribution in [-0.2, 0) is 16.2 Å². The van der Waals surface area contributed by atoms with Gasteiger partial charge in [0.2, 0.25) is 10.0 Å². The minimum absolute atomic E-state index is 0.0205. The van der Waals surface area contributed by atoms with Gasteiger partial charge >= 0.3 is 6.18 Å². The van der Waals surface area contributed by atoms with Gasteiger partial charge in [-0.3, -0.25) is 4.98 Å². The molecule has 0 aliphatic carbocycles. The van der Waals surface area contributed by atoms with Crippen LogP contribution in [-0.4, -0.2) is 20.5 Å². The van der Waals surface area contributed by atoms with Crippen LogP contribution < -0.4 is 14.6 Å². The van der Waals surface area contributed by atoms with Gasteiger partial charge in [0.05, 0.1) is 23.1 Å². The zero-order valence-corrected chi connectivity index (χ0v) is 21.3. The second-order valence-electron chi connectivity index (χ2n) is 8.75. The summed E-state index contributed by atoms with van der Waals surface area (Å²) in [6.45, 7) is 1.50. The molecule has 2 N–H and O–H groups in total. The summed E-state index contributed by atoms with van der Waals surface area (Å²) in [4.78, 5) is 3.81. The molecule has 1 heterocycles. The topological polar surface area (TPSA) is 91.5 Å². The number of para-hydroxylation sites is 1. The van der Waals surface area contributed by atoms with Gasteiger partial charge in [0.15, 0.2) is 11.6 Å². The summed E-state index contributed by atoms with van der Waals surface area (Å²) in [5.74, 6) is -0.830. The highest BCUT2D eigenvalue weighted by Crippen LogP contribution is 2.42. The Hall–Kier alpha value is -4.22. The number of halogens is 4. The molecule has 0 spiro atoms. The number of fused-ring (bicyclic) bond motifs is 2. The summed E-state index contributed by atoms with van der Waals surface area (Å²) in [6.07, 6.45) is -4.65. The molecule has 0 radical (unpaired) electrons. The lowest BCUT2D eigenvalue weighted by Gasteiger charge is -2.16. The van der Waals surface area contributed by atoms with Crippen molar-refractivity contribution in [2.45, 2.75) is 18.0 Å². The fraction of sp³-hybridized carbons (Fsp3) is 0.107. The first kappa shape index (κ1) is 26.4. The largest absolute Gasteiger partial charge is 0.496 e. The predicted molar refractivity (Wildman–Crippen MR) is 139 cm³/mol. The lowest BCUT2D eigenvalue weighted by atomic mass is 9.99. The molecule has 4 aromatic carbocycles. The molecule has 0 saturated heterocycles. The van der Waals surface area contributed by atoms with Gasteiger partial charge in [0.1, 0.15) is 11.5 Å². The van der Waals surface area contributed by atoms with E-state index in [4.69, 9.17) is 14.6 Å². The van der Waals surface area contributed by atoms with Gasteiger partial charge in [-0.05, 0) is 42.8 Å². The minimum atomic E-state index is -4.65. The quantitative estimate of drug-likeness (QED) is 0.236. The summed E-state index contributed by atoms with van der Waals surface area (Å²) in [5.41, 5.74) is -0.739. The number of nitrogens with two attached hydrogens (primary N) is 1. The maximum Gasteiger partial charge on any atom is 0.418 e. The van der Waals surface area contributed by atoms with Crippen molar-refractivity contribution in [3.8, 4) is 28.4 Å². The molecule has 0 unspecified atom stereocenters. The number of pyridine rings is 1. The maximum absolute atomic E-state index is 15.4. The van der Waals surface area contributed by atoms with Crippen LogP contribution in [0.1, 0.15) is 11.3 Å². The molecule has 200 valence electrons. The SMILES string of the molecule is COc1cc(-c2ccc(Oc3cc(C)nc4c(C(F)(F)F)cccc34)c(F)c2)c(S(N)(=O)=O)c2ccccc12. The highest BCUT2D eigenvalue weighted by molar-refractivity contribution is 7.89. The fourth-order valence-corrected chi connectivity index (χ4v) is 5.49. The highest BCUT2D eigenvalue weighted by atomic mass is 32.2. The molecule has 0 atom stereocenters. The monoisotopic (exact) mass is 556 g/mol. The van der Waals surface area contributed by atoms with Crippen LogP contribution in [0.2, 0.25) is 0 Å². The average molecular weight is 557 g/mol. The van der Waals surface area contributed by atoms with Crippen LogP contribution >= 0.6 is 0 Å². The third-order valence-corrected chi connectivity index (χ3v) is 7.17. The molecule has 1 aromatic heterocycles. The van der Waals surface area contributed by atoms with Crippen molar-refractivity contribution in [1.82, 2.24) is 4.98 Å². The average Bonchev–Trinajstić information content (AvgIpc) is 2.87. The number of benzene rings is 4. The minimum Gasteiger partial charge on any atom is -0.496 e. The van der Waals surface area contributed by atoms with Crippen molar-refractivity contribution in [2.75, 3.05) is 7.11 Å². The molecule has 5 rings (SSSR count). The van der Waals surface area contributed by atoms with E-state index in [1.54, 1.807) is 24.3 Å². The molecule has 0 aliphatic heterocycles. The molecular weight excluding hydrogens is 536 g/mol. The Balaban J connectivity index is 1.64. The number of primary sulfonamides is 1. The van der Waals surface area contributed by atoms with Crippen LogP contribution in [0.15, 0.2) is 77.7 Å². The zero-order chi connectivity index (χ0) is 28.1. The number of sulfonamides is 1. The van der Waals surface area contributed by atoms with E-state index in [9.17, 15) is 21.6 Å². The van der Waals surface area contributed by atoms with Crippen molar-refractivity contribution in [1.29, 1.82) is 0 Å². The molecule has 0 amide bonds. The third-order valence-electron chi connectivity index (χ3n) is 6.16. The second-order valence-corrected chi connectivity index (χ2v) is 10.3. The van der Waals surface area contributed by atoms with Gasteiger partial charge in [-0.2, -0.15) is 13.2 Å². The van der Waals surface area contributed by atoms with E-state index in [0.29, 0.717) is 16.5 Å². The zero-order valence-electron chi connectivity index (χ0n) is 20.5. The van der Waals surface area contributed by atoms with E-state index in [2.05, 4.69) is 4.98 Å². The standard InChI is InChI=1S/C28H20F4N2O4S/c1-15-12-25(19-8-5-9-21(26(19)34-15)28(30,31)32)38-23-11-10-16(13-22(23)29)20-14-24(37-2)17-6-3-4-7-18(17)27(20)39(33,35)36/h3-14H,1-2H3,(H2,33,35,36). The first-order valence-electron chi connectivity index (χ1n) is 11.5. The Morgan fingerprint density at radius 3 is 2.18 bits per heavy atom. The number of ether oxygens (including phenoxy) is 2. The summed E-state index contributed by atoms with van der Waals surface area (Å²) in [7, 11) is -2.84.